The SMILES string of the molecule is CCc1cccc(-c2cnc(C(=O)N3CCN(CC4CCN(CC(=O)N5CCN(C(=O)c6cc(Cc7n[nH]c(=O)c8ccccc78)ccc6F)CC5)CC4)CC3)c(NC(=O)CNCc3cc(C)ncn3)c2)c1. The molecule has 3 aliphatic rings. The highest BCUT2D eigenvalue weighted by Gasteiger charge is 2.31. The van der Waals surface area contributed by atoms with Gasteiger partial charge >= 0.3 is 0 Å². The van der Waals surface area contributed by atoms with Gasteiger partial charge in [0, 0.05) is 94.7 Å². The molecule has 3 saturated heterocycles. The second-order valence-corrected chi connectivity index (χ2v) is 19.0. The topological polar surface area (TPSA) is 193 Å². The van der Waals surface area contributed by atoms with Gasteiger partial charge in [0.05, 0.1) is 41.1 Å². The van der Waals surface area contributed by atoms with Crippen LogP contribution >= 0.6 is 0 Å². The van der Waals surface area contributed by atoms with Crippen molar-refractivity contribution in [2.75, 3.05) is 90.4 Å². The summed E-state index contributed by atoms with van der Waals surface area (Å²) in [7, 11) is 0. The first kappa shape index (κ1) is 49.7. The molecule has 4 amide bonds. The number of piperidine rings is 1. The van der Waals surface area contributed by atoms with E-state index in [1.54, 1.807) is 40.3 Å². The Kier molecular flexibility index (Phi) is 15.8. The van der Waals surface area contributed by atoms with Crippen molar-refractivity contribution in [1.82, 2.24) is 55.0 Å². The van der Waals surface area contributed by atoms with Crippen LogP contribution in [0.5, 0.6) is 0 Å². The first-order valence-corrected chi connectivity index (χ1v) is 24.9. The minimum Gasteiger partial charge on any atom is -0.338 e. The van der Waals surface area contributed by atoms with Crippen molar-refractivity contribution in [3.8, 4) is 11.1 Å². The molecule has 0 unspecified atom stereocenters. The summed E-state index contributed by atoms with van der Waals surface area (Å²) in [6.45, 7) is 11.1. The molecule has 72 heavy (non-hydrogen) atoms. The van der Waals surface area contributed by atoms with Gasteiger partial charge < -0.3 is 25.3 Å². The highest BCUT2D eigenvalue weighted by molar-refractivity contribution is 6.03. The quantitative estimate of drug-likeness (QED) is 0.130. The summed E-state index contributed by atoms with van der Waals surface area (Å²) in [4.78, 5) is 89.7. The lowest BCUT2D eigenvalue weighted by Gasteiger charge is -2.39. The Bertz CT molecular complexity index is 3000. The number of hydrogen-bond acceptors (Lipinski definition) is 12. The summed E-state index contributed by atoms with van der Waals surface area (Å²) in [6, 6.07) is 23.5. The number of H-pyrrole nitrogens is 1. The molecule has 3 aromatic heterocycles. The van der Waals surface area contributed by atoms with Gasteiger partial charge in [-0.3, -0.25) is 33.8 Å². The van der Waals surface area contributed by atoms with Crippen LogP contribution in [0.4, 0.5) is 10.1 Å². The zero-order chi connectivity index (χ0) is 50.1. The smallest absolute Gasteiger partial charge is 0.274 e. The fraction of sp³-hybridized carbons (Fsp3) is 0.389. The predicted molar refractivity (Wildman–Crippen MR) is 272 cm³/mol. The molecule has 3 N–H and O–H groups in total. The van der Waals surface area contributed by atoms with Crippen LogP contribution in [0.2, 0.25) is 0 Å². The first-order chi connectivity index (χ1) is 35.0. The van der Waals surface area contributed by atoms with Crippen LogP contribution < -0.4 is 16.2 Å². The molecule has 3 aliphatic heterocycles. The number of fused-ring (bicyclic) bond motifs is 1. The van der Waals surface area contributed by atoms with E-state index in [0.29, 0.717) is 92.4 Å². The monoisotopic (exact) mass is 976 g/mol. The molecule has 0 atom stereocenters. The maximum Gasteiger partial charge on any atom is 0.274 e. The molecule has 18 heteroatoms. The van der Waals surface area contributed by atoms with Gasteiger partial charge in [0.25, 0.3) is 17.4 Å². The number of nitrogens with zero attached hydrogens (tertiary/aromatic N) is 9. The van der Waals surface area contributed by atoms with Crippen LogP contribution in [0.25, 0.3) is 21.9 Å². The van der Waals surface area contributed by atoms with Gasteiger partial charge in [-0.15, -0.1) is 0 Å². The maximum atomic E-state index is 15.1. The second kappa shape index (κ2) is 22.9. The van der Waals surface area contributed by atoms with E-state index >= 15 is 4.39 Å². The number of nitrogens with one attached hydrogen (secondary N) is 3. The first-order valence-electron chi connectivity index (χ1n) is 24.9. The highest BCUT2D eigenvalue weighted by atomic mass is 19.1. The third kappa shape index (κ3) is 12.1. The Morgan fingerprint density at radius 2 is 1.47 bits per heavy atom. The van der Waals surface area contributed by atoms with Gasteiger partial charge in [0.15, 0.2) is 5.69 Å². The number of carbonyl (C=O) groups excluding carboxylic acids is 4. The van der Waals surface area contributed by atoms with E-state index in [0.717, 1.165) is 74.5 Å². The Hall–Kier alpha value is -7.28. The number of rotatable bonds is 15. The number of anilines is 1. The van der Waals surface area contributed by atoms with Gasteiger partial charge in [0.2, 0.25) is 11.8 Å². The van der Waals surface area contributed by atoms with Gasteiger partial charge in [-0.05, 0) is 92.2 Å². The predicted octanol–water partition coefficient (Wildman–Crippen LogP) is 4.56. The number of carbonyl (C=O) groups is 4. The minimum atomic E-state index is -0.612. The number of amides is 4. The van der Waals surface area contributed by atoms with Crippen molar-refractivity contribution >= 4 is 40.1 Å². The fourth-order valence-corrected chi connectivity index (χ4v) is 9.91. The van der Waals surface area contributed by atoms with E-state index in [-0.39, 0.29) is 41.1 Å². The van der Waals surface area contributed by atoms with E-state index < -0.39 is 11.7 Å². The van der Waals surface area contributed by atoms with E-state index in [1.165, 1.54) is 18.0 Å². The van der Waals surface area contributed by atoms with E-state index in [1.807, 2.05) is 48.2 Å². The molecule has 17 nitrogen and oxygen atoms in total. The third-order valence-electron chi connectivity index (χ3n) is 14.1. The Labute approximate surface area is 417 Å². The van der Waals surface area contributed by atoms with Crippen LogP contribution in [-0.4, -0.2) is 158 Å². The number of aryl methyl sites for hydroxylation is 2. The van der Waals surface area contributed by atoms with Crippen LogP contribution in [0.3, 0.4) is 0 Å². The van der Waals surface area contributed by atoms with Crippen LogP contribution in [-0.2, 0) is 29.0 Å². The number of pyridine rings is 1. The molecule has 9 rings (SSSR count). The average Bonchev–Trinajstić information content (AvgIpc) is 3.40. The number of likely N-dealkylation sites (tertiary alicyclic amines) is 1. The summed E-state index contributed by atoms with van der Waals surface area (Å²) >= 11 is 0. The maximum absolute atomic E-state index is 15.1. The largest absolute Gasteiger partial charge is 0.338 e. The second-order valence-electron chi connectivity index (χ2n) is 19.0. The Balaban J connectivity index is 0.722. The number of aromatic nitrogens is 5. The standard InChI is InChI=1S/C54H61FN12O5/c1-3-37-7-6-8-40(26-37)41-29-48(60-49(68)32-56-31-42-25-36(2)58-35-59-42)51(57-30-41)54(72)67-19-17-64(18-20-67)33-38-13-15-63(16-14-38)34-50(69)65-21-23-66(24-22-65)53(71)45-27-39(11-12-46(45)55)28-47-43-9-4-5-10-44(43)52(70)62-61-47/h4-12,25-27,29-30,35,38,56H,3,13-24,28,31-34H2,1-2H3,(H,60,68)(H,62,70). The summed E-state index contributed by atoms with van der Waals surface area (Å²) in [5.74, 6) is -1.06. The van der Waals surface area contributed by atoms with E-state index in [4.69, 9.17) is 0 Å². The van der Waals surface area contributed by atoms with Crippen molar-refractivity contribution in [2.24, 2.45) is 5.92 Å². The number of hydrogen-bond donors (Lipinski definition) is 3. The zero-order valence-electron chi connectivity index (χ0n) is 40.9. The molecule has 0 radical (unpaired) electrons. The Morgan fingerprint density at radius 1 is 0.736 bits per heavy atom. The normalized spacial score (nSPS) is 16.0. The number of benzene rings is 3. The van der Waals surface area contributed by atoms with Crippen LogP contribution in [0, 0.1) is 18.7 Å². The fourth-order valence-electron chi connectivity index (χ4n) is 9.91. The molecule has 6 heterocycles. The number of aromatic amines is 1. The summed E-state index contributed by atoms with van der Waals surface area (Å²) in [5.41, 5.74) is 6.13. The van der Waals surface area contributed by atoms with E-state index in [9.17, 15) is 24.0 Å². The number of piperazine rings is 2. The number of halogens is 1. The van der Waals surface area contributed by atoms with Gasteiger partial charge in [-0.2, -0.15) is 5.10 Å². The minimum absolute atomic E-state index is 0.0167. The lowest BCUT2D eigenvalue weighted by Crippen LogP contribution is -2.53. The van der Waals surface area contributed by atoms with Crippen molar-refractivity contribution in [1.29, 1.82) is 0 Å². The molecule has 0 spiro atoms. The molecular weight excluding hydrogens is 916 g/mol. The summed E-state index contributed by atoms with van der Waals surface area (Å²) < 4.78 is 15.1. The van der Waals surface area contributed by atoms with Crippen LogP contribution in [0.15, 0.2) is 96.2 Å². The van der Waals surface area contributed by atoms with Crippen molar-refractivity contribution in [2.45, 2.75) is 46.1 Å². The van der Waals surface area contributed by atoms with Gasteiger partial charge in [-0.1, -0.05) is 55.5 Å². The zero-order valence-corrected chi connectivity index (χ0v) is 40.9. The molecule has 0 bridgehead atoms. The molecule has 3 aromatic carbocycles. The molecular formula is C54H61FN12O5. The average molecular weight is 977 g/mol. The lowest BCUT2D eigenvalue weighted by molar-refractivity contribution is -0.134. The van der Waals surface area contributed by atoms with Gasteiger partial charge in [0.1, 0.15) is 12.1 Å². The molecule has 0 aliphatic carbocycles. The van der Waals surface area contributed by atoms with Crippen LogP contribution in [0.1, 0.15) is 68.8 Å². The lowest BCUT2D eigenvalue weighted by atomic mass is 9.96. The third-order valence-corrected chi connectivity index (χ3v) is 14.1. The van der Waals surface area contributed by atoms with Crippen molar-refractivity contribution in [3.63, 3.8) is 0 Å². The summed E-state index contributed by atoms with van der Waals surface area (Å²) in [6.07, 6.45) is 6.31. The van der Waals surface area contributed by atoms with Crippen molar-refractivity contribution < 1.29 is 23.6 Å². The molecule has 3 fully saturated rings. The Morgan fingerprint density at radius 3 is 2.24 bits per heavy atom. The molecule has 374 valence electrons. The highest BCUT2D eigenvalue weighted by Crippen LogP contribution is 2.28. The molecule has 0 saturated carbocycles. The summed E-state index contributed by atoms with van der Waals surface area (Å²) in [5, 5.41) is 14.1. The van der Waals surface area contributed by atoms with E-state index in [2.05, 4.69) is 64.6 Å². The van der Waals surface area contributed by atoms with Crippen molar-refractivity contribution in [3.05, 3.63) is 147 Å². The van der Waals surface area contributed by atoms with Gasteiger partial charge in [-0.25, -0.2) is 24.4 Å². The molecule has 6 aromatic rings.